The van der Waals surface area contributed by atoms with E-state index < -0.39 is 0 Å². The molecular weight excluding hydrogens is 473 g/mol. The minimum Gasteiger partial charge on any atom is -0.491 e. The van der Waals surface area contributed by atoms with Crippen LogP contribution in [0.15, 0.2) is 42.5 Å². The van der Waals surface area contributed by atoms with Crippen molar-refractivity contribution in [1.82, 2.24) is 9.80 Å². The molecule has 1 saturated carbocycles. The van der Waals surface area contributed by atoms with Crippen molar-refractivity contribution in [1.29, 1.82) is 0 Å². The summed E-state index contributed by atoms with van der Waals surface area (Å²) in [6.07, 6.45) is 2.71. The summed E-state index contributed by atoms with van der Waals surface area (Å²) in [7, 11) is 3.43. The Hall–Kier alpha value is -2.97. The van der Waals surface area contributed by atoms with E-state index in [1.807, 2.05) is 0 Å². The Morgan fingerprint density at radius 1 is 1.14 bits per heavy atom. The van der Waals surface area contributed by atoms with Crippen molar-refractivity contribution < 1.29 is 23.5 Å². The maximum atomic E-state index is 13.5. The monoisotopic (exact) mass is 511 g/mol. The number of halogens is 1. The van der Waals surface area contributed by atoms with Gasteiger partial charge in [-0.15, -0.1) is 0 Å². The quantitative estimate of drug-likeness (QED) is 0.637. The summed E-state index contributed by atoms with van der Waals surface area (Å²) < 4.78 is 25.5. The van der Waals surface area contributed by atoms with Crippen LogP contribution in [-0.2, 0) is 16.1 Å². The molecule has 2 amide bonds. The molecule has 2 aliphatic rings. The molecule has 1 N–H and O–H groups in total. The summed E-state index contributed by atoms with van der Waals surface area (Å²) in [5.74, 6) is 0.214. The maximum absolute atomic E-state index is 13.5. The Morgan fingerprint density at radius 2 is 1.86 bits per heavy atom. The van der Waals surface area contributed by atoms with Crippen molar-refractivity contribution in [3.05, 3.63) is 59.4 Å². The lowest BCUT2D eigenvalue weighted by Gasteiger charge is -2.36. The Morgan fingerprint density at radius 3 is 2.51 bits per heavy atom. The average molecular weight is 512 g/mol. The highest BCUT2D eigenvalue weighted by molar-refractivity contribution is 6.00. The van der Waals surface area contributed by atoms with Crippen molar-refractivity contribution in [3.63, 3.8) is 0 Å². The lowest BCUT2D eigenvalue weighted by Crippen LogP contribution is -2.46. The van der Waals surface area contributed by atoms with Crippen LogP contribution in [-0.4, -0.2) is 67.6 Å². The zero-order valence-corrected chi connectivity index (χ0v) is 22.2. The molecule has 0 unspecified atom stereocenters. The molecule has 0 aromatic heterocycles. The van der Waals surface area contributed by atoms with Gasteiger partial charge in [0.1, 0.15) is 18.2 Å². The number of amides is 2. The van der Waals surface area contributed by atoms with E-state index in [2.05, 4.69) is 24.1 Å². The van der Waals surface area contributed by atoms with Gasteiger partial charge in [-0.05, 0) is 61.6 Å². The van der Waals surface area contributed by atoms with Gasteiger partial charge in [-0.25, -0.2) is 4.39 Å². The van der Waals surface area contributed by atoms with Crippen molar-refractivity contribution >= 4 is 17.5 Å². The van der Waals surface area contributed by atoms with Gasteiger partial charge in [0, 0.05) is 51.4 Å². The first-order valence-electron chi connectivity index (χ1n) is 13.1. The Labute approximate surface area is 218 Å². The number of fused-ring (bicyclic) bond motifs is 1. The molecule has 4 rings (SSSR count). The molecular formula is C29H38FN3O4. The second-order valence-corrected chi connectivity index (χ2v) is 10.5. The lowest BCUT2D eigenvalue weighted by atomic mass is 9.85. The summed E-state index contributed by atoms with van der Waals surface area (Å²) in [6, 6.07) is 11.8. The fraction of sp³-hybridized carbons (Fsp3) is 0.517. The van der Waals surface area contributed by atoms with Crippen LogP contribution >= 0.6 is 0 Å². The highest BCUT2D eigenvalue weighted by Crippen LogP contribution is 2.30. The molecule has 7 nitrogen and oxygen atoms in total. The second kappa shape index (κ2) is 12.0. The van der Waals surface area contributed by atoms with Crippen LogP contribution < -0.4 is 10.1 Å². The van der Waals surface area contributed by atoms with E-state index in [1.54, 1.807) is 49.4 Å². The molecule has 1 heterocycles. The van der Waals surface area contributed by atoms with Gasteiger partial charge in [-0.1, -0.05) is 25.5 Å². The van der Waals surface area contributed by atoms with Crippen LogP contribution in [0.25, 0.3) is 0 Å². The SMILES string of the molecule is CO[C@H]1CN(C)C(=O)c2cc(NC(=O)C3CCC3)ccc2OC[C@H](C)N(Cc2ccc(F)cc2)C[C@@H]1C. The third-order valence-electron chi connectivity index (χ3n) is 7.62. The molecule has 3 atom stereocenters. The normalized spacial score (nSPS) is 23.8. The third kappa shape index (κ3) is 6.67. The summed E-state index contributed by atoms with van der Waals surface area (Å²) in [5, 5.41) is 2.96. The van der Waals surface area contributed by atoms with Crippen LogP contribution in [0.2, 0.25) is 0 Å². The number of ether oxygens (including phenoxy) is 2. The van der Waals surface area contributed by atoms with Crippen molar-refractivity contribution in [2.75, 3.05) is 39.2 Å². The van der Waals surface area contributed by atoms with Gasteiger partial charge < -0.3 is 19.7 Å². The summed E-state index contributed by atoms with van der Waals surface area (Å²) in [5.41, 5.74) is 2.02. The van der Waals surface area contributed by atoms with Crippen molar-refractivity contribution in [2.24, 2.45) is 11.8 Å². The molecule has 2 aromatic carbocycles. The standard InChI is InChI=1S/C29H38FN3O4/c1-19-15-33(16-21-8-10-23(30)11-9-21)20(2)18-37-26-13-12-24(31-28(34)22-6-5-7-22)14-25(26)29(35)32(3)17-27(19)36-4/h8-14,19-20,22,27H,5-7,15-18H2,1-4H3,(H,31,34)/t19-,20-,27-/m0/s1. The Bertz CT molecular complexity index is 1090. The van der Waals surface area contributed by atoms with Gasteiger partial charge in [0.2, 0.25) is 5.91 Å². The number of likely N-dealkylation sites (N-methyl/N-ethyl adjacent to an activating group) is 1. The molecule has 1 aliphatic heterocycles. The number of carbonyl (C=O) groups excluding carboxylic acids is 2. The minimum absolute atomic E-state index is 0.000551. The second-order valence-electron chi connectivity index (χ2n) is 10.5. The summed E-state index contributed by atoms with van der Waals surface area (Å²) in [6.45, 7) is 6.34. The van der Waals surface area contributed by atoms with E-state index in [4.69, 9.17) is 9.47 Å². The van der Waals surface area contributed by atoms with Gasteiger partial charge >= 0.3 is 0 Å². The van der Waals surface area contributed by atoms with Gasteiger partial charge in [0.05, 0.1) is 11.7 Å². The first kappa shape index (κ1) is 27.1. The van der Waals surface area contributed by atoms with Crippen LogP contribution in [0.3, 0.4) is 0 Å². The average Bonchev–Trinajstić information content (AvgIpc) is 2.84. The predicted molar refractivity (Wildman–Crippen MR) is 141 cm³/mol. The molecule has 0 saturated heterocycles. The van der Waals surface area contributed by atoms with Crippen LogP contribution in [0, 0.1) is 17.7 Å². The van der Waals surface area contributed by atoms with Crippen LogP contribution in [0.4, 0.5) is 10.1 Å². The number of anilines is 1. The highest BCUT2D eigenvalue weighted by Gasteiger charge is 2.29. The van der Waals surface area contributed by atoms with E-state index in [0.717, 1.165) is 31.4 Å². The zero-order valence-electron chi connectivity index (χ0n) is 22.2. The van der Waals surface area contributed by atoms with Gasteiger partial charge in [0.25, 0.3) is 5.91 Å². The number of nitrogens with one attached hydrogen (secondary N) is 1. The molecule has 0 bridgehead atoms. The summed E-state index contributed by atoms with van der Waals surface area (Å²) >= 11 is 0. The third-order valence-corrected chi connectivity index (χ3v) is 7.62. The number of hydrogen-bond donors (Lipinski definition) is 1. The largest absolute Gasteiger partial charge is 0.491 e. The first-order chi connectivity index (χ1) is 17.7. The number of benzene rings is 2. The fourth-order valence-electron chi connectivity index (χ4n) is 4.89. The smallest absolute Gasteiger partial charge is 0.257 e. The predicted octanol–water partition coefficient (Wildman–Crippen LogP) is 4.57. The minimum atomic E-state index is -0.255. The van der Waals surface area contributed by atoms with Crippen LogP contribution in [0.1, 0.15) is 49.0 Å². The lowest BCUT2D eigenvalue weighted by molar-refractivity contribution is -0.122. The Kier molecular flexibility index (Phi) is 8.82. The first-order valence-corrected chi connectivity index (χ1v) is 13.1. The number of hydrogen-bond acceptors (Lipinski definition) is 5. The van der Waals surface area contributed by atoms with E-state index in [-0.39, 0.29) is 41.6 Å². The molecule has 1 aliphatic carbocycles. The number of methoxy groups -OCH3 is 1. The highest BCUT2D eigenvalue weighted by atomic mass is 19.1. The van der Waals surface area contributed by atoms with E-state index >= 15 is 0 Å². The van der Waals surface area contributed by atoms with Gasteiger partial charge in [-0.3, -0.25) is 14.5 Å². The van der Waals surface area contributed by atoms with Crippen LogP contribution in [0.5, 0.6) is 5.75 Å². The molecule has 37 heavy (non-hydrogen) atoms. The molecule has 0 radical (unpaired) electrons. The molecule has 200 valence electrons. The molecule has 1 fully saturated rings. The van der Waals surface area contributed by atoms with Crippen molar-refractivity contribution in [3.8, 4) is 5.75 Å². The number of carbonyl (C=O) groups is 2. The maximum Gasteiger partial charge on any atom is 0.257 e. The van der Waals surface area contributed by atoms with Crippen molar-refractivity contribution in [2.45, 2.75) is 51.8 Å². The Balaban J connectivity index is 1.60. The number of rotatable bonds is 5. The van der Waals surface area contributed by atoms with E-state index in [0.29, 0.717) is 36.7 Å². The van der Waals surface area contributed by atoms with E-state index in [9.17, 15) is 14.0 Å². The molecule has 8 heteroatoms. The zero-order chi connectivity index (χ0) is 26.5. The molecule has 0 spiro atoms. The van der Waals surface area contributed by atoms with E-state index in [1.165, 1.54) is 12.1 Å². The summed E-state index contributed by atoms with van der Waals surface area (Å²) in [4.78, 5) is 30.0. The topological polar surface area (TPSA) is 71.1 Å². The van der Waals surface area contributed by atoms with Gasteiger partial charge in [0.15, 0.2) is 0 Å². The van der Waals surface area contributed by atoms with Gasteiger partial charge in [-0.2, -0.15) is 0 Å². The number of nitrogens with zero attached hydrogens (tertiary/aromatic N) is 2. The fourth-order valence-corrected chi connectivity index (χ4v) is 4.89. The molecule has 2 aromatic rings.